The highest BCUT2D eigenvalue weighted by Gasteiger charge is 2.09. The predicted molar refractivity (Wildman–Crippen MR) is 77.8 cm³/mol. The number of aliphatic hydroxyl groups excluding tert-OH is 1. The molecule has 0 saturated carbocycles. The summed E-state index contributed by atoms with van der Waals surface area (Å²) in [7, 11) is 1.52. The van der Waals surface area contributed by atoms with Gasteiger partial charge in [-0.1, -0.05) is 6.07 Å². The summed E-state index contributed by atoms with van der Waals surface area (Å²) in [6.45, 7) is -0.0287. The molecule has 0 fully saturated rings. The van der Waals surface area contributed by atoms with Crippen molar-refractivity contribution in [3.8, 4) is 23.3 Å². The van der Waals surface area contributed by atoms with Gasteiger partial charge in [0.1, 0.15) is 5.75 Å². The van der Waals surface area contributed by atoms with Crippen LogP contribution in [0.1, 0.15) is 11.1 Å². The van der Waals surface area contributed by atoms with Crippen molar-refractivity contribution in [2.45, 2.75) is 6.61 Å². The van der Waals surface area contributed by atoms with Crippen molar-refractivity contribution < 1.29 is 14.6 Å². The van der Waals surface area contributed by atoms with E-state index in [1.54, 1.807) is 36.4 Å². The van der Waals surface area contributed by atoms with Gasteiger partial charge in [-0.05, 0) is 45.8 Å². The van der Waals surface area contributed by atoms with Crippen molar-refractivity contribution in [2.75, 3.05) is 7.11 Å². The second kappa shape index (κ2) is 6.42. The monoisotopic (exact) mass is 333 g/mol. The van der Waals surface area contributed by atoms with Crippen LogP contribution in [0.15, 0.2) is 40.9 Å². The van der Waals surface area contributed by atoms with Crippen LogP contribution < -0.4 is 9.47 Å². The van der Waals surface area contributed by atoms with E-state index in [2.05, 4.69) is 15.9 Å². The van der Waals surface area contributed by atoms with Gasteiger partial charge < -0.3 is 14.6 Å². The first-order chi connectivity index (χ1) is 9.67. The lowest BCUT2D eigenvalue weighted by Crippen LogP contribution is -1.93. The maximum atomic E-state index is 9.07. The molecular formula is C15H12BrNO3. The molecule has 0 unspecified atom stereocenters. The SMILES string of the molecule is COc1cc(C#N)ccc1Oc1ccc(CO)cc1Br. The van der Waals surface area contributed by atoms with Crippen LogP contribution >= 0.6 is 15.9 Å². The van der Waals surface area contributed by atoms with Gasteiger partial charge in [-0.15, -0.1) is 0 Å². The number of halogens is 1. The first kappa shape index (κ1) is 14.4. The van der Waals surface area contributed by atoms with E-state index >= 15 is 0 Å². The summed E-state index contributed by atoms with van der Waals surface area (Å²) in [6, 6.07) is 12.3. The van der Waals surface area contributed by atoms with Crippen LogP contribution in [-0.2, 0) is 6.61 Å². The molecule has 0 spiro atoms. The zero-order chi connectivity index (χ0) is 14.5. The van der Waals surface area contributed by atoms with E-state index in [4.69, 9.17) is 19.8 Å². The third-order valence-electron chi connectivity index (χ3n) is 2.69. The highest BCUT2D eigenvalue weighted by molar-refractivity contribution is 9.10. The summed E-state index contributed by atoms with van der Waals surface area (Å²) in [4.78, 5) is 0. The Morgan fingerprint density at radius 2 is 1.90 bits per heavy atom. The number of nitrogens with zero attached hydrogens (tertiary/aromatic N) is 1. The van der Waals surface area contributed by atoms with Gasteiger partial charge in [-0.3, -0.25) is 0 Å². The topological polar surface area (TPSA) is 62.5 Å². The molecule has 2 rings (SSSR count). The highest BCUT2D eigenvalue weighted by Crippen LogP contribution is 2.36. The third-order valence-corrected chi connectivity index (χ3v) is 3.31. The molecule has 0 aromatic heterocycles. The van der Waals surface area contributed by atoms with Crippen LogP contribution in [0, 0.1) is 11.3 Å². The lowest BCUT2D eigenvalue weighted by atomic mass is 10.2. The molecule has 4 nitrogen and oxygen atoms in total. The largest absolute Gasteiger partial charge is 0.493 e. The van der Waals surface area contributed by atoms with Gasteiger partial charge in [0.25, 0.3) is 0 Å². The molecule has 5 heteroatoms. The van der Waals surface area contributed by atoms with Crippen LogP contribution in [0.3, 0.4) is 0 Å². The quantitative estimate of drug-likeness (QED) is 0.928. The van der Waals surface area contributed by atoms with Gasteiger partial charge in [0.15, 0.2) is 11.5 Å². The molecule has 0 radical (unpaired) electrons. The molecule has 0 heterocycles. The number of nitriles is 1. The van der Waals surface area contributed by atoms with Gasteiger partial charge >= 0.3 is 0 Å². The average Bonchev–Trinajstić information content (AvgIpc) is 2.49. The molecule has 2 aromatic rings. The van der Waals surface area contributed by atoms with Crippen molar-refractivity contribution in [3.63, 3.8) is 0 Å². The normalized spacial score (nSPS) is 9.90. The second-order valence-electron chi connectivity index (χ2n) is 4.00. The first-order valence-corrected chi connectivity index (χ1v) is 6.62. The van der Waals surface area contributed by atoms with Crippen molar-refractivity contribution in [2.24, 2.45) is 0 Å². The first-order valence-electron chi connectivity index (χ1n) is 5.83. The summed E-state index contributed by atoms with van der Waals surface area (Å²) >= 11 is 3.39. The van der Waals surface area contributed by atoms with Crippen LogP contribution in [0.5, 0.6) is 17.2 Å². The molecule has 102 valence electrons. The van der Waals surface area contributed by atoms with E-state index in [9.17, 15) is 0 Å². The predicted octanol–water partition coefficient (Wildman–Crippen LogP) is 3.61. The number of rotatable bonds is 4. The van der Waals surface area contributed by atoms with Gasteiger partial charge in [0.05, 0.1) is 29.8 Å². The smallest absolute Gasteiger partial charge is 0.169 e. The van der Waals surface area contributed by atoms with Gasteiger partial charge in [0, 0.05) is 6.07 Å². The lowest BCUT2D eigenvalue weighted by Gasteiger charge is -2.12. The minimum absolute atomic E-state index is 0.0287. The molecule has 0 saturated heterocycles. The van der Waals surface area contributed by atoms with E-state index < -0.39 is 0 Å². The molecule has 0 amide bonds. The minimum atomic E-state index is -0.0287. The minimum Gasteiger partial charge on any atom is -0.493 e. The Hall–Kier alpha value is -2.03. The molecule has 0 aliphatic carbocycles. The molecule has 0 atom stereocenters. The Bertz CT molecular complexity index is 665. The van der Waals surface area contributed by atoms with Crippen molar-refractivity contribution in [1.29, 1.82) is 5.26 Å². The summed E-state index contributed by atoms with van der Waals surface area (Å²) < 4.78 is 11.7. The van der Waals surface area contributed by atoms with Crippen LogP contribution in [0.4, 0.5) is 0 Å². The molecular weight excluding hydrogens is 322 g/mol. The Labute approximate surface area is 125 Å². The fourth-order valence-electron chi connectivity index (χ4n) is 1.67. The summed E-state index contributed by atoms with van der Waals surface area (Å²) in [5.74, 6) is 1.61. The molecule has 2 aromatic carbocycles. The van der Waals surface area contributed by atoms with Crippen molar-refractivity contribution in [3.05, 3.63) is 52.0 Å². The lowest BCUT2D eigenvalue weighted by molar-refractivity contribution is 0.281. The fraction of sp³-hybridized carbons (Fsp3) is 0.133. The van der Waals surface area contributed by atoms with Crippen LogP contribution in [0.25, 0.3) is 0 Å². The number of hydrogen-bond donors (Lipinski definition) is 1. The van der Waals surface area contributed by atoms with Gasteiger partial charge in [-0.25, -0.2) is 0 Å². The molecule has 1 N–H and O–H groups in total. The maximum Gasteiger partial charge on any atom is 0.169 e. The number of ether oxygens (including phenoxy) is 2. The van der Waals surface area contributed by atoms with E-state index in [-0.39, 0.29) is 6.61 Å². The summed E-state index contributed by atoms with van der Waals surface area (Å²) in [5.41, 5.74) is 1.29. The standard InChI is InChI=1S/C15H12BrNO3/c1-19-15-7-10(8-17)2-5-14(15)20-13-4-3-11(9-18)6-12(13)16/h2-7,18H,9H2,1H3. The number of aliphatic hydroxyl groups is 1. The van der Waals surface area contributed by atoms with Crippen molar-refractivity contribution in [1.82, 2.24) is 0 Å². The van der Waals surface area contributed by atoms with E-state index in [1.807, 2.05) is 6.07 Å². The molecule has 0 bridgehead atoms. The number of hydrogen-bond acceptors (Lipinski definition) is 4. The highest BCUT2D eigenvalue weighted by atomic mass is 79.9. The van der Waals surface area contributed by atoms with Gasteiger partial charge in [0.2, 0.25) is 0 Å². The van der Waals surface area contributed by atoms with E-state index in [1.165, 1.54) is 7.11 Å². The third kappa shape index (κ3) is 3.10. The zero-order valence-electron chi connectivity index (χ0n) is 10.8. The number of benzene rings is 2. The fourth-order valence-corrected chi connectivity index (χ4v) is 2.17. The summed E-state index contributed by atoms with van der Waals surface area (Å²) in [6.07, 6.45) is 0. The average molecular weight is 334 g/mol. The Morgan fingerprint density at radius 1 is 1.15 bits per heavy atom. The summed E-state index contributed by atoms with van der Waals surface area (Å²) in [5, 5.41) is 17.9. The van der Waals surface area contributed by atoms with Crippen LogP contribution in [0.2, 0.25) is 0 Å². The molecule has 20 heavy (non-hydrogen) atoms. The number of methoxy groups -OCH3 is 1. The Kier molecular flexibility index (Phi) is 4.61. The molecule has 0 aliphatic rings. The van der Waals surface area contributed by atoms with Gasteiger partial charge in [-0.2, -0.15) is 5.26 Å². The Morgan fingerprint density at radius 3 is 2.50 bits per heavy atom. The molecule has 0 aliphatic heterocycles. The van der Waals surface area contributed by atoms with E-state index in [0.29, 0.717) is 22.8 Å². The van der Waals surface area contributed by atoms with Crippen molar-refractivity contribution >= 4 is 15.9 Å². The zero-order valence-corrected chi connectivity index (χ0v) is 12.3. The van der Waals surface area contributed by atoms with Crippen LogP contribution in [-0.4, -0.2) is 12.2 Å². The maximum absolute atomic E-state index is 9.07. The second-order valence-corrected chi connectivity index (χ2v) is 4.86. The Balaban J connectivity index is 2.32. The van der Waals surface area contributed by atoms with E-state index in [0.717, 1.165) is 10.0 Å².